The quantitative estimate of drug-likeness (QED) is 0.243. The third kappa shape index (κ3) is 7.05. The molecule has 0 bridgehead atoms. The molecule has 4 nitrogen and oxygen atoms in total. The van der Waals surface area contributed by atoms with Crippen molar-refractivity contribution in [2.75, 3.05) is 37.6 Å². The van der Waals surface area contributed by atoms with Crippen LogP contribution in [0, 0.1) is 0 Å². The number of hydrogen-bond donors (Lipinski definition) is 0. The minimum absolute atomic E-state index is 0.144. The van der Waals surface area contributed by atoms with E-state index >= 15 is 0 Å². The Hall–Kier alpha value is -3.32. The fourth-order valence-corrected chi connectivity index (χ4v) is 5.55. The Labute approximate surface area is 235 Å². The number of benzene rings is 3. The van der Waals surface area contributed by atoms with Crippen molar-refractivity contribution in [2.24, 2.45) is 0 Å². The van der Waals surface area contributed by atoms with E-state index in [0.29, 0.717) is 12.0 Å². The second-order valence-electron chi connectivity index (χ2n) is 10.8. The molecule has 0 radical (unpaired) electrons. The molecule has 0 saturated carbocycles. The monoisotopic (exact) mass is 552 g/mol. The van der Waals surface area contributed by atoms with Crippen LogP contribution in [0.2, 0.25) is 0 Å². The SMILES string of the molecule is CCC(CCCN1CCN(c2ccc(-c3cccc(C(F)(F)F)c3)cc2)CC1)(C(=O)OC(C)C)c1ccccc1. The van der Waals surface area contributed by atoms with E-state index < -0.39 is 17.2 Å². The number of alkyl halides is 3. The molecule has 3 aromatic carbocycles. The minimum Gasteiger partial charge on any atom is -0.462 e. The van der Waals surface area contributed by atoms with Crippen LogP contribution in [0.15, 0.2) is 78.9 Å². The van der Waals surface area contributed by atoms with Gasteiger partial charge in [-0.2, -0.15) is 13.2 Å². The predicted octanol–water partition coefficient (Wildman–Crippen LogP) is 7.57. The van der Waals surface area contributed by atoms with E-state index in [9.17, 15) is 18.0 Å². The first-order chi connectivity index (χ1) is 19.1. The van der Waals surface area contributed by atoms with Gasteiger partial charge in [0.1, 0.15) is 0 Å². The van der Waals surface area contributed by atoms with Crippen molar-refractivity contribution in [1.29, 1.82) is 0 Å². The van der Waals surface area contributed by atoms with E-state index in [1.54, 1.807) is 6.07 Å². The second-order valence-corrected chi connectivity index (χ2v) is 10.8. The summed E-state index contributed by atoms with van der Waals surface area (Å²) >= 11 is 0. The maximum Gasteiger partial charge on any atom is 0.416 e. The van der Waals surface area contributed by atoms with E-state index in [1.807, 2.05) is 68.4 Å². The van der Waals surface area contributed by atoms with Crippen LogP contribution < -0.4 is 4.90 Å². The first-order valence-electron chi connectivity index (χ1n) is 14.1. The van der Waals surface area contributed by atoms with Crippen LogP contribution in [0.1, 0.15) is 51.2 Å². The van der Waals surface area contributed by atoms with Crippen molar-refractivity contribution >= 4 is 11.7 Å². The van der Waals surface area contributed by atoms with Crippen molar-refractivity contribution < 1.29 is 22.7 Å². The molecule has 1 aliphatic heterocycles. The van der Waals surface area contributed by atoms with Crippen LogP contribution in [0.5, 0.6) is 0 Å². The van der Waals surface area contributed by atoms with Crippen LogP contribution in [0.3, 0.4) is 0 Å². The molecule has 7 heteroatoms. The number of piperazine rings is 1. The molecule has 0 amide bonds. The lowest BCUT2D eigenvalue weighted by atomic mass is 9.74. The van der Waals surface area contributed by atoms with E-state index in [4.69, 9.17) is 4.74 Å². The molecule has 3 aromatic rings. The smallest absolute Gasteiger partial charge is 0.416 e. The van der Waals surface area contributed by atoms with Gasteiger partial charge in [0, 0.05) is 31.9 Å². The molecule has 1 heterocycles. The van der Waals surface area contributed by atoms with E-state index in [1.165, 1.54) is 12.1 Å². The van der Waals surface area contributed by atoms with Crippen LogP contribution in [0.4, 0.5) is 18.9 Å². The van der Waals surface area contributed by atoms with Gasteiger partial charge in [-0.25, -0.2) is 0 Å². The van der Waals surface area contributed by atoms with Gasteiger partial charge in [-0.15, -0.1) is 0 Å². The second kappa shape index (κ2) is 12.9. The molecular formula is C33H39F3N2O2. The molecule has 1 fully saturated rings. The number of anilines is 1. The summed E-state index contributed by atoms with van der Waals surface area (Å²) in [5.74, 6) is -0.144. The molecule has 0 N–H and O–H groups in total. The number of halogens is 3. The molecule has 214 valence electrons. The Balaban J connectivity index is 1.33. The lowest BCUT2D eigenvalue weighted by Gasteiger charge is -2.37. The summed E-state index contributed by atoms with van der Waals surface area (Å²) in [6.07, 6.45) is -2.20. The van der Waals surface area contributed by atoms with Crippen molar-refractivity contribution in [2.45, 2.75) is 57.7 Å². The van der Waals surface area contributed by atoms with Crippen molar-refractivity contribution in [3.63, 3.8) is 0 Å². The molecule has 0 aliphatic carbocycles. The predicted molar refractivity (Wildman–Crippen MR) is 154 cm³/mol. The van der Waals surface area contributed by atoms with Gasteiger partial charge < -0.3 is 9.64 Å². The maximum atomic E-state index is 13.3. The fourth-order valence-electron chi connectivity index (χ4n) is 5.55. The van der Waals surface area contributed by atoms with E-state index in [0.717, 1.165) is 68.4 Å². The summed E-state index contributed by atoms with van der Waals surface area (Å²) in [5, 5.41) is 0. The molecular weight excluding hydrogens is 513 g/mol. The van der Waals surface area contributed by atoms with E-state index in [2.05, 4.69) is 16.7 Å². The van der Waals surface area contributed by atoms with Gasteiger partial charge >= 0.3 is 12.1 Å². The van der Waals surface area contributed by atoms with Crippen molar-refractivity contribution in [1.82, 2.24) is 4.90 Å². The van der Waals surface area contributed by atoms with Gasteiger partial charge in [-0.3, -0.25) is 9.69 Å². The highest BCUT2D eigenvalue weighted by Crippen LogP contribution is 2.36. The molecule has 1 saturated heterocycles. The number of esters is 1. The van der Waals surface area contributed by atoms with Gasteiger partial charge in [0.15, 0.2) is 0 Å². The summed E-state index contributed by atoms with van der Waals surface area (Å²) in [7, 11) is 0. The number of carbonyl (C=O) groups is 1. The highest BCUT2D eigenvalue weighted by atomic mass is 19.4. The first-order valence-corrected chi connectivity index (χ1v) is 14.1. The van der Waals surface area contributed by atoms with Gasteiger partial charge in [0.25, 0.3) is 0 Å². The topological polar surface area (TPSA) is 32.8 Å². The van der Waals surface area contributed by atoms with Crippen LogP contribution >= 0.6 is 0 Å². The number of nitrogens with zero attached hydrogens (tertiary/aromatic N) is 2. The lowest BCUT2D eigenvalue weighted by molar-refractivity contribution is -0.155. The van der Waals surface area contributed by atoms with Gasteiger partial charge in [-0.1, -0.05) is 61.5 Å². The zero-order valence-electron chi connectivity index (χ0n) is 23.6. The highest BCUT2D eigenvalue weighted by molar-refractivity contribution is 5.83. The van der Waals surface area contributed by atoms with Crippen LogP contribution in [0.25, 0.3) is 11.1 Å². The molecule has 0 spiro atoms. The molecule has 40 heavy (non-hydrogen) atoms. The Bertz CT molecular complexity index is 1240. The molecule has 0 aromatic heterocycles. The minimum atomic E-state index is -4.35. The summed E-state index contributed by atoms with van der Waals surface area (Å²) < 4.78 is 45.0. The zero-order chi connectivity index (χ0) is 28.8. The number of ether oxygens (including phenoxy) is 1. The highest BCUT2D eigenvalue weighted by Gasteiger charge is 2.40. The average molecular weight is 553 g/mol. The normalized spacial score (nSPS) is 16.1. The Morgan fingerprint density at radius 1 is 0.850 bits per heavy atom. The number of rotatable bonds is 10. The third-order valence-electron chi connectivity index (χ3n) is 7.87. The lowest BCUT2D eigenvalue weighted by Crippen LogP contribution is -2.47. The standard InChI is InChI=1S/C33H39F3N2O2/c1-4-32(31(39)40-25(2)3,28-11-6-5-7-12-28)18-9-19-37-20-22-38(23-21-37)30-16-14-26(15-17-30)27-10-8-13-29(24-27)33(34,35)36/h5-8,10-17,24-25H,4,9,18-23H2,1-3H3. The van der Waals surface area contributed by atoms with Crippen molar-refractivity contribution in [3.05, 3.63) is 90.0 Å². The summed E-state index contributed by atoms with van der Waals surface area (Å²) in [5.41, 5.74) is 2.13. The maximum absolute atomic E-state index is 13.3. The van der Waals surface area contributed by atoms with E-state index in [-0.39, 0.29) is 12.1 Å². The molecule has 1 atom stereocenters. The zero-order valence-corrected chi connectivity index (χ0v) is 23.6. The molecule has 1 aliphatic rings. The van der Waals surface area contributed by atoms with Crippen molar-refractivity contribution in [3.8, 4) is 11.1 Å². The van der Waals surface area contributed by atoms with Crippen LogP contribution in [-0.4, -0.2) is 49.7 Å². The average Bonchev–Trinajstić information content (AvgIpc) is 2.96. The largest absolute Gasteiger partial charge is 0.462 e. The number of hydrogen-bond acceptors (Lipinski definition) is 4. The Kier molecular flexibility index (Phi) is 9.56. The number of carbonyl (C=O) groups excluding carboxylic acids is 1. The van der Waals surface area contributed by atoms with Gasteiger partial charge in [-0.05, 0) is 80.6 Å². The Morgan fingerprint density at radius 2 is 1.50 bits per heavy atom. The van der Waals surface area contributed by atoms with Gasteiger partial charge in [0.05, 0.1) is 17.1 Å². The summed E-state index contributed by atoms with van der Waals surface area (Å²) in [6.45, 7) is 10.3. The fraction of sp³-hybridized carbons (Fsp3) is 0.424. The Morgan fingerprint density at radius 3 is 2.10 bits per heavy atom. The first kappa shape index (κ1) is 29.7. The summed E-state index contributed by atoms with van der Waals surface area (Å²) in [4.78, 5) is 18.0. The third-order valence-corrected chi connectivity index (χ3v) is 7.87. The van der Waals surface area contributed by atoms with Gasteiger partial charge in [0.2, 0.25) is 0 Å². The van der Waals surface area contributed by atoms with Crippen LogP contribution in [-0.2, 0) is 21.1 Å². The summed E-state index contributed by atoms with van der Waals surface area (Å²) in [6, 6.07) is 23.2. The molecule has 4 rings (SSSR count). The molecule has 1 unspecified atom stereocenters.